The van der Waals surface area contributed by atoms with Crippen LogP contribution in [0.25, 0.3) is 5.69 Å². The summed E-state index contributed by atoms with van der Waals surface area (Å²) in [6.07, 6.45) is 2.61. The summed E-state index contributed by atoms with van der Waals surface area (Å²) in [6.45, 7) is 6.43. The van der Waals surface area contributed by atoms with Crippen molar-refractivity contribution in [1.29, 1.82) is 0 Å². The first-order valence-corrected chi connectivity index (χ1v) is 9.25. The van der Waals surface area contributed by atoms with Gasteiger partial charge in [0.05, 0.1) is 6.61 Å². The molecule has 3 aromatic rings. The Balaban J connectivity index is 1.95. The minimum absolute atomic E-state index is 0.658. The number of nitrogens with zero attached hydrogens (tertiary/aromatic N) is 3. The molecule has 0 amide bonds. The van der Waals surface area contributed by atoms with Gasteiger partial charge in [-0.25, -0.2) is 0 Å². The maximum Gasteiger partial charge on any atom is 0.196 e. The highest BCUT2D eigenvalue weighted by molar-refractivity contribution is 7.99. The number of ether oxygens (including phenoxy) is 1. The van der Waals surface area contributed by atoms with Crippen LogP contribution < -0.4 is 4.74 Å². The van der Waals surface area contributed by atoms with Gasteiger partial charge in [0, 0.05) is 17.9 Å². The zero-order valence-electron chi connectivity index (χ0n) is 14.3. The SMILES string of the molecule is C=CCSc1nnc(Cc2ccccc2)n1-c1ccc(OCC)cc1. The normalized spacial score (nSPS) is 10.6. The highest BCUT2D eigenvalue weighted by atomic mass is 32.2. The summed E-state index contributed by atoms with van der Waals surface area (Å²) in [5.74, 6) is 2.58. The van der Waals surface area contributed by atoms with E-state index in [4.69, 9.17) is 4.74 Å². The van der Waals surface area contributed by atoms with E-state index in [1.807, 2.05) is 55.5 Å². The van der Waals surface area contributed by atoms with Crippen LogP contribution in [0.3, 0.4) is 0 Å². The Bertz CT molecular complexity index is 813. The number of hydrogen-bond donors (Lipinski definition) is 0. The quantitative estimate of drug-likeness (QED) is 0.441. The van der Waals surface area contributed by atoms with E-state index in [2.05, 4.69) is 33.5 Å². The molecule has 3 rings (SSSR count). The predicted octanol–water partition coefficient (Wildman–Crippen LogP) is 4.53. The van der Waals surface area contributed by atoms with Gasteiger partial charge < -0.3 is 4.74 Å². The van der Waals surface area contributed by atoms with Gasteiger partial charge in [0.1, 0.15) is 11.6 Å². The number of hydrogen-bond acceptors (Lipinski definition) is 4. The van der Waals surface area contributed by atoms with Crippen molar-refractivity contribution in [3.05, 3.63) is 78.6 Å². The standard InChI is InChI=1S/C20H21N3OS/c1-3-14-25-20-22-21-19(15-16-8-6-5-7-9-16)23(20)17-10-12-18(13-11-17)24-4-2/h3,5-13H,1,4,14-15H2,2H3. The molecule has 0 N–H and O–H groups in total. The minimum atomic E-state index is 0.658. The molecule has 0 fully saturated rings. The molecular formula is C20H21N3OS. The Hall–Kier alpha value is -2.53. The van der Waals surface area contributed by atoms with Crippen molar-refractivity contribution >= 4 is 11.8 Å². The summed E-state index contributed by atoms with van der Waals surface area (Å²) in [6, 6.07) is 18.4. The maximum absolute atomic E-state index is 5.54. The number of thioether (sulfide) groups is 1. The van der Waals surface area contributed by atoms with Gasteiger partial charge in [-0.3, -0.25) is 4.57 Å². The summed E-state index contributed by atoms with van der Waals surface area (Å²) >= 11 is 1.63. The minimum Gasteiger partial charge on any atom is -0.494 e. The van der Waals surface area contributed by atoms with Crippen LogP contribution in [0.1, 0.15) is 18.3 Å². The molecule has 0 radical (unpaired) electrons. The summed E-state index contributed by atoms with van der Waals surface area (Å²) in [5, 5.41) is 9.68. The summed E-state index contributed by atoms with van der Waals surface area (Å²) in [7, 11) is 0. The van der Waals surface area contributed by atoms with Gasteiger partial charge in [-0.05, 0) is 36.8 Å². The Morgan fingerprint density at radius 2 is 1.84 bits per heavy atom. The molecule has 0 spiro atoms. The van der Waals surface area contributed by atoms with E-state index in [-0.39, 0.29) is 0 Å². The first-order chi connectivity index (χ1) is 12.3. The van der Waals surface area contributed by atoms with E-state index in [0.29, 0.717) is 6.61 Å². The van der Waals surface area contributed by atoms with E-state index < -0.39 is 0 Å². The lowest BCUT2D eigenvalue weighted by atomic mass is 10.1. The van der Waals surface area contributed by atoms with Crippen LogP contribution in [0.2, 0.25) is 0 Å². The molecule has 0 aliphatic carbocycles. The zero-order valence-corrected chi connectivity index (χ0v) is 15.1. The molecule has 128 valence electrons. The summed E-state index contributed by atoms with van der Waals surface area (Å²) < 4.78 is 7.65. The van der Waals surface area contributed by atoms with Crippen LogP contribution in [0.15, 0.2) is 72.4 Å². The lowest BCUT2D eigenvalue weighted by Gasteiger charge is -2.11. The fourth-order valence-corrected chi connectivity index (χ4v) is 3.24. The van der Waals surface area contributed by atoms with Crippen molar-refractivity contribution in [2.45, 2.75) is 18.5 Å². The van der Waals surface area contributed by atoms with Crippen molar-refractivity contribution in [2.75, 3.05) is 12.4 Å². The second-order valence-electron chi connectivity index (χ2n) is 5.42. The summed E-state index contributed by atoms with van der Waals surface area (Å²) in [4.78, 5) is 0. The van der Waals surface area contributed by atoms with Crippen LogP contribution in [0, 0.1) is 0 Å². The fourth-order valence-electron chi connectivity index (χ4n) is 2.54. The van der Waals surface area contributed by atoms with Crippen molar-refractivity contribution in [1.82, 2.24) is 14.8 Å². The van der Waals surface area contributed by atoms with E-state index in [1.165, 1.54) is 5.56 Å². The average Bonchev–Trinajstić information content (AvgIpc) is 3.04. The smallest absolute Gasteiger partial charge is 0.196 e. The van der Waals surface area contributed by atoms with Gasteiger partial charge in [-0.2, -0.15) is 0 Å². The van der Waals surface area contributed by atoms with Crippen molar-refractivity contribution in [2.24, 2.45) is 0 Å². The van der Waals surface area contributed by atoms with Gasteiger partial charge in [0.25, 0.3) is 0 Å². The molecule has 0 aliphatic rings. The van der Waals surface area contributed by atoms with E-state index in [1.54, 1.807) is 11.8 Å². The highest BCUT2D eigenvalue weighted by Gasteiger charge is 2.14. The molecular weight excluding hydrogens is 330 g/mol. The highest BCUT2D eigenvalue weighted by Crippen LogP contribution is 2.25. The van der Waals surface area contributed by atoms with Crippen LogP contribution in [0.5, 0.6) is 5.75 Å². The average molecular weight is 351 g/mol. The van der Waals surface area contributed by atoms with Crippen LogP contribution >= 0.6 is 11.8 Å². The van der Waals surface area contributed by atoms with Crippen LogP contribution in [-0.2, 0) is 6.42 Å². The lowest BCUT2D eigenvalue weighted by molar-refractivity contribution is 0.340. The predicted molar refractivity (Wildman–Crippen MR) is 103 cm³/mol. The molecule has 0 bridgehead atoms. The van der Waals surface area contributed by atoms with E-state index >= 15 is 0 Å². The third-order valence-corrected chi connectivity index (χ3v) is 4.57. The van der Waals surface area contributed by atoms with Crippen LogP contribution in [-0.4, -0.2) is 27.1 Å². The summed E-state index contributed by atoms with van der Waals surface area (Å²) in [5.41, 5.74) is 2.24. The van der Waals surface area contributed by atoms with Gasteiger partial charge in [0.15, 0.2) is 5.16 Å². The monoisotopic (exact) mass is 351 g/mol. The Morgan fingerprint density at radius 3 is 2.52 bits per heavy atom. The largest absolute Gasteiger partial charge is 0.494 e. The fraction of sp³-hybridized carbons (Fsp3) is 0.200. The molecule has 2 aromatic carbocycles. The first kappa shape index (κ1) is 17.3. The molecule has 0 saturated heterocycles. The first-order valence-electron chi connectivity index (χ1n) is 8.27. The maximum atomic E-state index is 5.54. The van der Waals surface area contributed by atoms with Crippen molar-refractivity contribution in [3.8, 4) is 11.4 Å². The number of aromatic nitrogens is 3. The Morgan fingerprint density at radius 1 is 1.08 bits per heavy atom. The Labute approximate surface area is 152 Å². The molecule has 0 unspecified atom stereocenters. The second-order valence-corrected chi connectivity index (χ2v) is 6.41. The van der Waals surface area contributed by atoms with Gasteiger partial charge in [-0.15, -0.1) is 16.8 Å². The molecule has 1 heterocycles. The van der Waals surface area contributed by atoms with Crippen LogP contribution in [0.4, 0.5) is 0 Å². The third kappa shape index (κ3) is 4.31. The van der Waals surface area contributed by atoms with Gasteiger partial charge in [-0.1, -0.05) is 48.2 Å². The molecule has 4 nitrogen and oxygen atoms in total. The van der Waals surface area contributed by atoms with Gasteiger partial charge >= 0.3 is 0 Å². The number of rotatable bonds is 8. The van der Waals surface area contributed by atoms with Crippen molar-refractivity contribution in [3.63, 3.8) is 0 Å². The molecule has 1 aromatic heterocycles. The van der Waals surface area contributed by atoms with Gasteiger partial charge in [0.2, 0.25) is 0 Å². The lowest BCUT2D eigenvalue weighted by Crippen LogP contribution is -2.04. The third-order valence-electron chi connectivity index (χ3n) is 3.64. The number of benzene rings is 2. The topological polar surface area (TPSA) is 39.9 Å². The molecule has 5 heteroatoms. The Kier molecular flexibility index (Phi) is 5.90. The second kappa shape index (κ2) is 8.53. The molecule has 25 heavy (non-hydrogen) atoms. The molecule has 0 aliphatic heterocycles. The molecule has 0 saturated carbocycles. The molecule has 0 atom stereocenters. The zero-order chi connectivity index (χ0) is 17.5. The van der Waals surface area contributed by atoms with E-state index in [0.717, 1.165) is 34.6 Å². The van der Waals surface area contributed by atoms with Crippen molar-refractivity contribution < 1.29 is 4.74 Å². The van der Waals surface area contributed by atoms with E-state index in [9.17, 15) is 0 Å².